The Balaban J connectivity index is 1.34. The van der Waals surface area contributed by atoms with E-state index in [1.165, 1.54) is 0 Å². The van der Waals surface area contributed by atoms with E-state index in [1.54, 1.807) is 6.07 Å². The number of nitrogens with zero attached hydrogens (tertiary/aromatic N) is 4. The van der Waals surface area contributed by atoms with Gasteiger partial charge in [0, 0.05) is 41.8 Å². The highest BCUT2D eigenvalue weighted by atomic mass is 32.2. The summed E-state index contributed by atoms with van der Waals surface area (Å²) in [6.07, 6.45) is 1.88. The van der Waals surface area contributed by atoms with E-state index in [9.17, 15) is 8.42 Å². The number of rotatable bonds is 6. The summed E-state index contributed by atoms with van der Waals surface area (Å²) in [5.74, 6) is 1.24. The van der Waals surface area contributed by atoms with Gasteiger partial charge in [0.1, 0.15) is 17.4 Å². The number of benzene rings is 2. The lowest BCUT2D eigenvalue weighted by Crippen LogP contribution is -2.37. The number of anilines is 1. The van der Waals surface area contributed by atoms with Gasteiger partial charge in [0.15, 0.2) is 15.7 Å². The van der Waals surface area contributed by atoms with Gasteiger partial charge in [-0.15, -0.1) is 0 Å². The third-order valence-electron chi connectivity index (χ3n) is 6.08. The fraction of sp³-hybridized carbons (Fsp3) is 0.240. The number of hydrogen-bond acceptors (Lipinski definition) is 7. The second-order valence-corrected chi connectivity index (χ2v) is 10.7. The molecule has 0 atom stereocenters. The summed E-state index contributed by atoms with van der Waals surface area (Å²) in [6.45, 7) is 2.60. The van der Waals surface area contributed by atoms with Crippen molar-refractivity contribution in [1.82, 2.24) is 24.9 Å². The van der Waals surface area contributed by atoms with Gasteiger partial charge in [0.2, 0.25) is 0 Å². The molecule has 0 bridgehead atoms. The van der Waals surface area contributed by atoms with Crippen molar-refractivity contribution in [3.8, 4) is 11.4 Å². The molecule has 0 aliphatic carbocycles. The fourth-order valence-corrected chi connectivity index (χ4v) is 5.65. The zero-order valence-corrected chi connectivity index (χ0v) is 19.8. The van der Waals surface area contributed by atoms with Gasteiger partial charge in [-0.1, -0.05) is 12.1 Å². The number of aromatic amines is 2. The molecule has 5 aromatic rings. The summed E-state index contributed by atoms with van der Waals surface area (Å²) in [4.78, 5) is 22.3. The topological polar surface area (TPSA) is 117 Å². The van der Waals surface area contributed by atoms with Gasteiger partial charge in [-0.25, -0.2) is 23.4 Å². The van der Waals surface area contributed by atoms with Gasteiger partial charge in [0.05, 0.1) is 35.7 Å². The van der Waals surface area contributed by atoms with Crippen LogP contribution >= 0.6 is 0 Å². The Labute approximate surface area is 202 Å². The lowest BCUT2D eigenvalue weighted by Gasteiger charge is -2.28. The van der Waals surface area contributed by atoms with Crippen molar-refractivity contribution in [1.29, 1.82) is 0 Å². The Bertz CT molecular complexity index is 1590. The standard InChI is InChI=1S/C25H24N6O3S/c32-35(33,16-23-28-21-3-1-2-4-22(21)29-23)15-19-14-24(31-9-11-34-12-10-31)30-25(27-19)18-5-6-20-17(13-18)7-8-26-20/h1-8,13-14,26H,9-12,15-16H2,(H,28,29). The highest BCUT2D eigenvalue weighted by Crippen LogP contribution is 2.25. The third-order valence-corrected chi connectivity index (χ3v) is 7.52. The van der Waals surface area contributed by atoms with Gasteiger partial charge >= 0.3 is 0 Å². The molecule has 0 saturated carbocycles. The van der Waals surface area contributed by atoms with Crippen LogP contribution in [0.15, 0.2) is 60.8 Å². The summed E-state index contributed by atoms with van der Waals surface area (Å²) in [5.41, 5.74) is 3.88. The molecule has 2 N–H and O–H groups in total. The molecular weight excluding hydrogens is 464 g/mol. The first kappa shape index (κ1) is 21.8. The molecule has 1 aliphatic rings. The Kier molecular flexibility index (Phi) is 5.46. The molecule has 0 amide bonds. The predicted molar refractivity (Wildman–Crippen MR) is 135 cm³/mol. The highest BCUT2D eigenvalue weighted by molar-refractivity contribution is 7.89. The minimum absolute atomic E-state index is 0.191. The maximum atomic E-state index is 13.2. The van der Waals surface area contributed by atoms with Crippen molar-refractivity contribution in [3.63, 3.8) is 0 Å². The Hall–Kier alpha value is -3.76. The molecule has 2 aromatic carbocycles. The lowest BCUT2D eigenvalue weighted by molar-refractivity contribution is 0.122. The molecule has 35 heavy (non-hydrogen) atoms. The summed E-state index contributed by atoms with van der Waals surface area (Å²) < 4.78 is 31.8. The normalized spacial score (nSPS) is 14.7. The molecule has 10 heteroatoms. The first-order valence-corrected chi connectivity index (χ1v) is 13.3. The Morgan fingerprint density at radius 1 is 0.914 bits per heavy atom. The number of sulfone groups is 1. The molecule has 6 rings (SSSR count). The van der Waals surface area contributed by atoms with Gasteiger partial charge in [-0.2, -0.15) is 0 Å². The number of ether oxygens (including phenoxy) is 1. The van der Waals surface area contributed by atoms with Gasteiger partial charge < -0.3 is 19.6 Å². The SMILES string of the molecule is O=S(=O)(Cc1cc(N2CCOCC2)nc(-c2ccc3[nH]ccc3c2)n1)Cc1nc2ccccc2[nH]1. The van der Waals surface area contributed by atoms with E-state index in [-0.39, 0.29) is 11.5 Å². The fourth-order valence-electron chi connectivity index (χ4n) is 4.39. The molecule has 1 fully saturated rings. The molecule has 0 unspecified atom stereocenters. The Morgan fingerprint density at radius 2 is 1.77 bits per heavy atom. The minimum atomic E-state index is -3.54. The van der Waals surface area contributed by atoms with Gasteiger partial charge in [-0.3, -0.25) is 0 Å². The molecule has 0 spiro atoms. The predicted octanol–water partition coefficient (Wildman–Crippen LogP) is 3.45. The van der Waals surface area contributed by atoms with Crippen molar-refractivity contribution in [2.75, 3.05) is 31.2 Å². The van der Waals surface area contributed by atoms with Crippen LogP contribution in [-0.2, 0) is 26.1 Å². The van der Waals surface area contributed by atoms with Crippen LogP contribution in [0.4, 0.5) is 5.82 Å². The van der Waals surface area contributed by atoms with Crippen molar-refractivity contribution >= 4 is 37.6 Å². The number of morpholine rings is 1. The molecule has 1 aliphatic heterocycles. The smallest absolute Gasteiger partial charge is 0.163 e. The van der Waals surface area contributed by atoms with Crippen LogP contribution in [0.1, 0.15) is 11.5 Å². The maximum Gasteiger partial charge on any atom is 0.163 e. The molecule has 9 nitrogen and oxygen atoms in total. The van der Waals surface area contributed by atoms with Crippen LogP contribution in [0.3, 0.4) is 0 Å². The van der Waals surface area contributed by atoms with Gasteiger partial charge in [-0.05, 0) is 36.4 Å². The molecule has 4 heterocycles. The van der Waals surface area contributed by atoms with Crippen LogP contribution in [0, 0.1) is 0 Å². The van der Waals surface area contributed by atoms with E-state index in [1.807, 2.05) is 54.7 Å². The number of hydrogen-bond donors (Lipinski definition) is 2. The van der Waals surface area contributed by atoms with E-state index >= 15 is 0 Å². The summed E-state index contributed by atoms with van der Waals surface area (Å²) in [5, 5.41) is 1.04. The van der Waals surface area contributed by atoms with Crippen LogP contribution in [-0.4, -0.2) is 59.6 Å². The zero-order valence-electron chi connectivity index (χ0n) is 18.9. The van der Waals surface area contributed by atoms with E-state index < -0.39 is 9.84 Å². The van der Waals surface area contributed by atoms with E-state index in [0.29, 0.717) is 49.5 Å². The molecule has 1 saturated heterocycles. The highest BCUT2D eigenvalue weighted by Gasteiger charge is 2.21. The first-order chi connectivity index (χ1) is 17.0. The molecule has 0 radical (unpaired) electrons. The summed E-state index contributed by atoms with van der Waals surface area (Å²) in [6, 6.07) is 17.2. The second kappa shape index (κ2) is 8.79. The average molecular weight is 489 g/mol. The number of imidazole rings is 1. The van der Waals surface area contributed by atoms with Gasteiger partial charge in [0.25, 0.3) is 0 Å². The molecule has 3 aromatic heterocycles. The van der Waals surface area contributed by atoms with Crippen molar-refractivity contribution in [2.24, 2.45) is 0 Å². The van der Waals surface area contributed by atoms with Crippen LogP contribution < -0.4 is 4.90 Å². The third kappa shape index (κ3) is 4.62. The Morgan fingerprint density at radius 3 is 2.63 bits per heavy atom. The number of aromatic nitrogens is 5. The summed E-state index contributed by atoms with van der Waals surface area (Å²) >= 11 is 0. The molecule has 178 valence electrons. The van der Waals surface area contributed by atoms with Crippen molar-refractivity contribution in [3.05, 3.63) is 72.3 Å². The largest absolute Gasteiger partial charge is 0.378 e. The van der Waals surface area contributed by atoms with E-state index in [4.69, 9.17) is 9.72 Å². The van der Waals surface area contributed by atoms with E-state index in [0.717, 1.165) is 27.5 Å². The van der Waals surface area contributed by atoms with Crippen molar-refractivity contribution < 1.29 is 13.2 Å². The lowest BCUT2D eigenvalue weighted by atomic mass is 10.1. The monoisotopic (exact) mass is 488 g/mol. The van der Waals surface area contributed by atoms with E-state index in [2.05, 4.69) is 24.8 Å². The van der Waals surface area contributed by atoms with Crippen molar-refractivity contribution in [2.45, 2.75) is 11.5 Å². The van der Waals surface area contributed by atoms with Crippen LogP contribution in [0.5, 0.6) is 0 Å². The number of nitrogens with one attached hydrogen (secondary N) is 2. The molecular formula is C25H24N6O3S. The number of para-hydroxylation sites is 2. The zero-order chi connectivity index (χ0) is 23.8. The number of H-pyrrole nitrogens is 2. The summed E-state index contributed by atoms with van der Waals surface area (Å²) in [7, 11) is -3.54. The second-order valence-electron chi connectivity index (χ2n) is 8.65. The van der Waals surface area contributed by atoms with Crippen LogP contribution in [0.2, 0.25) is 0 Å². The maximum absolute atomic E-state index is 13.2. The number of fused-ring (bicyclic) bond motifs is 2. The quantitative estimate of drug-likeness (QED) is 0.376. The first-order valence-electron chi connectivity index (χ1n) is 11.4. The average Bonchev–Trinajstić information content (AvgIpc) is 3.49. The minimum Gasteiger partial charge on any atom is -0.378 e. The van der Waals surface area contributed by atoms with Crippen LogP contribution in [0.25, 0.3) is 33.3 Å².